The van der Waals surface area contributed by atoms with Crippen LogP contribution in [0.1, 0.15) is 29.0 Å². The van der Waals surface area contributed by atoms with Crippen molar-refractivity contribution >= 4 is 5.97 Å². The van der Waals surface area contributed by atoms with Gasteiger partial charge in [-0.25, -0.2) is 9.78 Å². The van der Waals surface area contributed by atoms with E-state index in [1.165, 1.54) is 6.20 Å². The SMILES string of the molecule is COCCOC(=O)c1cncn1C(C)c1cccc(O)c1. The first-order valence-electron chi connectivity index (χ1n) is 6.60. The van der Waals surface area contributed by atoms with Crippen LogP contribution in [0, 0.1) is 0 Å². The summed E-state index contributed by atoms with van der Waals surface area (Å²) in [5, 5.41) is 9.55. The van der Waals surface area contributed by atoms with Crippen LogP contribution in [0.4, 0.5) is 0 Å². The minimum atomic E-state index is -0.448. The molecule has 0 aliphatic heterocycles. The van der Waals surface area contributed by atoms with Crippen molar-refractivity contribution in [3.8, 4) is 5.75 Å². The maximum atomic E-state index is 12.0. The first-order valence-corrected chi connectivity index (χ1v) is 6.60. The normalized spacial score (nSPS) is 12.1. The average Bonchev–Trinajstić information content (AvgIpc) is 2.96. The number of phenolic OH excluding ortho intramolecular Hbond substituents is 1. The number of hydrogen-bond donors (Lipinski definition) is 1. The van der Waals surface area contributed by atoms with Crippen LogP contribution in [0.15, 0.2) is 36.8 Å². The maximum Gasteiger partial charge on any atom is 0.356 e. The van der Waals surface area contributed by atoms with Crippen LogP contribution in [0.5, 0.6) is 5.75 Å². The number of esters is 1. The molecule has 0 spiro atoms. The van der Waals surface area contributed by atoms with Gasteiger partial charge in [0, 0.05) is 7.11 Å². The molecule has 6 heteroatoms. The molecule has 21 heavy (non-hydrogen) atoms. The lowest BCUT2D eigenvalue weighted by Gasteiger charge is -2.16. The molecular weight excluding hydrogens is 272 g/mol. The summed E-state index contributed by atoms with van der Waals surface area (Å²) in [5.41, 5.74) is 1.24. The van der Waals surface area contributed by atoms with Crippen molar-refractivity contribution in [3.05, 3.63) is 48.0 Å². The van der Waals surface area contributed by atoms with Gasteiger partial charge in [-0.2, -0.15) is 0 Å². The highest BCUT2D eigenvalue weighted by Crippen LogP contribution is 2.23. The van der Waals surface area contributed by atoms with Crippen molar-refractivity contribution in [3.63, 3.8) is 0 Å². The van der Waals surface area contributed by atoms with E-state index in [1.54, 1.807) is 36.2 Å². The van der Waals surface area contributed by atoms with Crippen molar-refractivity contribution in [2.24, 2.45) is 0 Å². The molecule has 1 aromatic heterocycles. The van der Waals surface area contributed by atoms with Gasteiger partial charge in [0.05, 0.1) is 25.2 Å². The van der Waals surface area contributed by atoms with E-state index in [1.807, 2.05) is 13.0 Å². The van der Waals surface area contributed by atoms with Crippen LogP contribution >= 0.6 is 0 Å². The van der Waals surface area contributed by atoms with E-state index < -0.39 is 5.97 Å². The van der Waals surface area contributed by atoms with Gasteiger partial charge in [0.25, 0.3) is 0 Å². The number of aromatic nitrogens is 2. The fraction of sp³-hybridized carbons (Fsp3) is 0.333. The second-order valence-corrected chi connectivity index (χ2v) is 4.59. The second kappa shape index (κ2) is 6.90. The molecule has 0 aliphatic rings. The van der Waals surface area contributed by atoms with Gasteiger partial charge in [-0.3, -0.25) is 0 Å². The summed E-state index contributed by atoms with van der Waals surface area (Å²) in [6.07, 6.45) is 3.04. The van der Waals surface area contributed by atoms with Gasteiger partial charge in [0.2, 0.25) is 0 Å². The number of imidazole rings is 1. The van der Waals surface area contributed by atoms with E-state index >= 15 is 0 Å². The Balaban J connectivity index is 2.17. The molecule has 1 heterocycles. The van der Waals surface area contributed by atoms with Crippen molar-refractivity contribution in [2.75, 3.05) is 20.3 Å². The fourth-order valence-corrected chi connectivity index (χ4v) is 2.01. The first kappa shape index (κ1) is 15.1. The lowest BCUT2D eigenvalue weighted by Crippen LogP contribution is -2.17. The Morgan fingerprint density at radius 2 is 2.24 bits per heavy atom. The largest absolute Gasteiger partial charge is 0.508 e. The fourth-order valence-electron chi connectivity index (χ4n) is 2.01. The van der Waals surface area contributed by atoms with Crippen molar-refractivity contribution in [1.29, 1.82) is 0 Å². The van der Waals surface area contributed by atoms with E-state index in [2.05, 4.69) is 4.98 Å². The number of phenols is 1. The molecule has 112 valence electrons. The Hall–Kier alpha value is -2.34. The number of rotatable bonds is 6. The number of aromatic hydroxyl groups is 1. The number of ether oxygens (including phenoxy) is 2. The Morgan fingerprint density at radius 1 is 1.43 bits per heavy atom. The van der Waals surface area contributed by atoms with Gasteiger partial charge in [0.1, 0.15) is 18.1 Å². The topological polar surface area (TPSA) is 73.6 Å². The number of hydrogen-bond acceptors (Lipinski definition) is 5. The second-order valence-electron chi connectivity index (χ2n) is 4.59. The quantitative estimate of drug-likeness (QED) is 0.650. The Bertz CT molecular complexity index is 609. The number of carbonyl (C=O) groups excluding carboxylic acids is 1. The monoisotopic (exact) mass is 290 g/mol. The minimum Gasteiger partial charge on any atom is -0.508 e. The predicted molar refractivity (Wildman–Crippen MR) is 76.3 cm³/mol. The van der Waals surface area contributed by atoms with Crippen LogP contribution < -0.4 is 0 Å². The molecule has 0 saturated heterocycles. The standard InChI is InChI=1S/C15H18N2O4/c1-11(12-4-3-5-13(18)8-12)17-10-16-9-14(17)15(19)21-7-6-20-2/h3-5,8-11,18H,6-7H2,1-2H3. The summed E-state index contributed by atoms with van der Waals surface area (Å²) < 4.78 is 11.7. The molecule has 0 saturated carbocycles. The molecule has 1 aromatic carbocycles. The smallest absolute Gasteiger partial charge is 0.356 e. The van der Waals surface area contributed by atoms with Gasteiger partial charge in [-0.05, 0) is 24.6 Å². The molecule has 0 radical (unpaired) electrons. The summed E-state index contributed by atoms with van der Waals surface area (Å²) in [7, 11) is 1.54. The van der Waals surface area contributed by atoms with Gasteiger partial charge < -0.3 is 19.1 Å². The third-order valence-electron chi connectivity index (χ3n) is 3.17. The van der Waals surface area contributed by atoms with E-state index in [-0.39, 0.29) is 18.4 Å². The van der Waals surface area contributed by atoms with Crippen LogP contribution in [0.3, 0.4) is 0 Å². The molecule has 1 atom stereocenters. The predicted octanol–water partition coefficient (Wildman–Crippen LogP) is 2.00. The highest BCUT2D eigenvalue weighted by atomic mass is 16.6. The number of benzene rings is 1. The summed E-state index contributed by atoms with van der Waals surface area (Å²) >= 11 is 0. The molecule has 1 unspecified atom stereocenters. The van der Waals surface area contributed by atoms with E-state index in [9.17, 15) is 9.90 Å². The van der Waals surface area contributed by atoms with Gasteiger partial charge in [-0.15, -0.1) is 0 Å². The summed E-state index contributed by atoms with van der Waals surface area (Å²) in [6.45, 7) is 2.46. The zero-order chi connectivity index (χ0) is 15.2. The van der Waals surface area contributed by atoms with Gasteiger partial charge in [0.15, 0.2) is 0 Å². The molecule has 0 aliphatic carbocycles. The van der Waals surface area contributed by atoms with Crippen molar-refractivity contribution < 1.29 is 19.4 Å². The van der Waals surface area contributed by atoms with Gasteiger partial charge >= 0.3 is 5.97 Å². The minimum absolute atomic E-state index is 0.149. The average molecular weight is 290 g/mol. The molecule has 6 nitrogen and oxygen atoms in total. The van der Waals surface area contributed by atoms with E-state index in [0.717, 1.165) is 5.56 Å². The summed E-state index contributed by atoms with van der Waals surface area (Å²) in [6, 6.07) is 6.75. The molecule has 0 amide bonds. The van der Waals surface area contributed by atoms with Crippen molar-refractivity contribution in [2.45, 2.75) is 13.0 Å². The zero-order valence-corrected chi connectivity index (χ0v) is 12.0. The molecule has 2 rings (SSSR count). The Morgan fingerprint density at radius 3 is 2.95 bits per heavy atom. The molecule has 1 N–H and O–H groups in total. The number of carbonyl (C=O) groups is 1. The van der Waals surface area contributed by atoms with Crippen LogP contribution in [0.2, 0.25) is 0 Å². The number of nitrogens with zero attached hydrogens (tertiary/aromatic N) is 2. The Kier molecular flexibility index (Phi) is 4.94. The van der Waals surface area contributed by atoms with Crippen LogP contribution in [-0.2, 0) is 9.47 Å². The Labute approximate surface area is 122 Å². The molecule has 2 aromatic rings. The number of methoxy groups -OCH3 is 1. The third-order valence-corrected chi connectivity index (χ3v) is 3.17. The molecule has 0 fully saturated rings. The van der Waals surface area contributed by atoms with Crippen LogP contribution in [-0.4, -0.2) is 41.0 Å². The van der Waals surface area contributed by atoms with Crippen molar-refractivity contribution in [1.82, 2.24) is 9.55 Å². The third kappa shape index (κ3) is 3.61. The highest BCUT2D eigenvalue weighted by Gasteiger charge is 2.18. The lowest BCUT2D eigenvalue weighted by atomic mass is 10.1. The van der Waals surface area contributed by atoms with Crippen LogP contribution in [0.25, 0.3) is 0 Å². The maximum absolute atomic E-state index is 12.0. The van der Waals surface area contributed by atoms with E-state index in [0.29, 0.717) is 12.3 Å². The highest BCUT2D eigenvalue weighted by molar-refractivity contribution is 5.87. The van der Waals surface area contributed by atoms with Gasteiger partial charge in [-0.1, -0.05) is 12.1 Å². The lowest BCUT2D eigenvalue weighted by molar-refractivity contribution is 0.0375. The van der Waals surface area contributed by atoms with E-state index in [4.69, 9.17) is 9.47 Å². The molecular formula is C15H18N2O4. The molecule has 0 bridgehead atoms. The zero-order valence-electron chi connectivity index (χ0n) is 12.0. The summed E-state index contributed by atoms with van der Waals surface area (Å²) in [4.78, 5) is 16.0. The summed E-state index contributed by atoms with van der Waals surface area (Å²) in [5.74, 6) is -0.264. The first-order chi connectivity index (χ1) is 10.1.